The first-order chi connectivity index (χ1) is 14.8. The van der Waals surface area contributed by atoms with Gasteiger partial charge in [-0.25, -0.2) is 13.6 Å². The molecule has 166 valence electrons. The average molecular weight is 442 g/mol. The average Bonchev–Trinajstić information content (AvgIpc) is 3.17. The minimum atomic E-state index is -3.73. The van der Waals surface area contributed by atoms with Crippen molar-refractivity contribution < 1.29 is 13.2 Å². The highest BCUT2D eigenvalue weighted by atomic mass is 32.2. The summed E-state index contributed by atoms with van der Waals surface area (Å²) in [5.41, 5.74) is 4.38. The maximum Gasteiger partial charge on any atom is 0.241 e. The summed E-state index contributed by atoms with van der Waals surface area (Å²) in [4.78, 5) is 17.1. The number of anilines is 1. The first-order valence-electron chi connectivity index (χ1n) is 11.0. The van der Waals surface area contributed by atoms with Crippen molar-refractivity contribution in [1.82, 2.24) is 4.90 Å². The Balaban J connectivity index is 1.27. The summed E-state index contributed by atoms with van der Waals surface area (Å²) in [5.74, 6) is 0.803. The molecule has 31 heavy (non-hydrogen) atoms. The number of hydrogen-bond acceptors (Lipinski definition) is 4. The standard InChI is InChI=1S/C24H31N3O3S/c1-18-2-4-19(5-3-18)6-7-20-10-13-26(14-11-20)17-24(28)27-15-12-21-16-22(31(25,29)30)8-9-23(21)27/h2-5,8-9,16,20H,6-7,10-15,17H2,1H3,(H2,25,29,30). The number of nitrogens with two attached hydrogens (primary N) is 1. The number of nitrogens with zero attached hydrogens (tertiary/aromatic N) is 2. The highest BCUT2D eigenvalue weighted by molar-refractivity contribution is 7.89. The maximum absolute atomic E-state index is 12.9. The number of fused-ring (bicyclic) bond motifs is 1. The van der Waals surface area contributed by atoms with Gasteiger partial charge in [-0.15, -0.1) is 0 Å². The van der Waals surface area contributed by atoms with Crippen LogP contribution in [-0.2, 0) is 27.7 Å². The number of sulfonamides is 1. The maximum atomic E-state index is 12.9. The molecular weight excluding hydrogens is 410 g/mol. The van der Waals surface area contributed by atoms with E-state index in [0.29, 0.717) is 19.5 Å². The molecule has 0 aliphatic carbocycles. The van der Waals surface area contributed by atoms with Crippen molar-refractivity contribution in [3.63, 3.8) is 0 Å². The molecule has 7 heteroatoms. The zero-order valence-electron chi connectivity index (χ0n) is 18.1. The van der Waals surface area contributed by atoms with Gasteiger partial charge in [0, 0.05) is 12.2 Å². The molecule has 2 aromatic rings. The molecular formula is C24H31N3O3S. The molecule has 1 saturated heterocycles. The van der Waals surface area contributed by atoms with Crippen molar-refractivity contribution in [2.24, 2.45) is 11.1 Å². The van der Waals surface area contributed by atoms with Crippen LogP contribution in [0.1, 0.15) is 36.0 Å². The van der Waals surface area contributed by atoms with E-state index in [4.69, 9.17) is 5.14 Å². The fraction of sp³-hybridized carbons (Fsp3) is 0.458. The Labute approximate surface area is 185 Å². The van der Waals surface area contributed by atoms with Gasteiger partial charge in [-0.05, 0) is 87.4 Å². The van der Waals surface area contributed by atoms with Crippen molar-refractivity contribution >= 4 is 21.6 Å². The monoisotopic (exact) mass is 441 g/mol. The molecule has 2 aromatic carbocycles. The predicted octanol–water partition coefficient (Wildman–Crippen LogP) is 2.88. The Bertz CT molecular complexity index is 1040. The van der Waals surface area contributed by atoms with Gasteiger partial charge in [0.25, 0.3) is 0 Å². The molecule has 1 fully saturated rings. The number of likely N-dealkylation sites (tertiary alicyclic amines) is 1. The second kappa shape index (κ2) is 9.10. The van der Waals surface area contributed by atoms with Crippen LogP contribution in [0.5, 0.6) is 0 Å². The van der Waals surface area contributed by atoms with Crippen molar-refractivity contribution in [3.05, 3.63) is 59.2 Å². The van der Waals surface area contributed by atoms with Gasteiger partial charge in [-0.2, -0.15) is 0 Å². The Morgan fingerprint density at radius 2 is 1.77 bits per heavy atom. The number of piperidine rings is 1. The van der Waals surface area contributed by atoms with Crippen LogP contribution < -0.4 is 10.0 Å². The number of primary sulfonamides is 1. The van der Waals surface area contributed by atoms with E-state index in [1.54, 1.807) is 17.0 Å². The number of rotatable bonds is 6. The molecule has 0 bridgehead atoms. The Hall–Kier alpha value is -2.22. The van der Waals surface area contributed by atoms with E-state index < -0.39 is 10.0 Å². The van der Waals surface area contributed by atoms with Gasteiger partial charge in [0.15, 0.2) is 0 Å². The molecule has 0 aromatic heterocycles. The SMILES string of the molecule is Cc1ccc(CCC2CCN(CC(=O)N3CCc4cc(S(N)(=O)=O)ccc43)CC2)cc1. The summed E-state index contributed by atoms with van der Waals surface area (Å²) in [7, 11) is -3.73. The van der Waals surface area contributed by atoms with Crippen LogP contribution in [0.15, 0.2) is 47.4 Å². The van der Waals surface area contributed by atoms with E-state index >= 15 is 0 Å². The van der Waals surface area contributed by atoms with Gasteiger partial charge in [-0.3, -0.25) is 9.69 Å². The van der Waals surface area contributed by atoms with Gasteiger partial charge in [-0.1, -0.05) is 29.8 Å². The number of hydrogen-bond donors (Lipinski definition) is 1. The zero-order valence-corrected chi connectivity index (χ0v) is 18.9. The van der Waals surface area contributed by atoms with Crippen LogP contribution in [0, 0.1) is 12.8 Å². The summed E-state index contributed by atoms with van der Waals surface area (Å²) in [6, 6.07) is 13.6. The van der Waals surface area contributed by atoms with Gasteiger partial charge in [0.05, 0.1) is 11.4 Å². The minimum Gasteiger partial charge on any atom is -0.311 e. The van der Waals surface area contributed by atoms with Crippen LogP contribution in [0.4, 0.5) is 5.69 Å². The molecule has 0 spiro atoms. The number of carbonyl (C=O) groups is 1. The zero-order chi connectivity index (χ0) is 22.0. The fourth-order valence-electron chi connectivity index (χ4n) is 4.65. The normalized spacial score (nSPS) is 17.7. The highest BCUT2D eigenvalue weighted by Crippen LogP contribution is 2.30. The molecule has 6 nitrogen and oxygen atoms in total. The lowest BCUT2D eigenvalue weighted by Crippen LogP contribution is -2.43. The second-order valence-electron chi connectivity index (χ2n) is 8.87. The first kappa shape index (κ1) is 22.0. The highest BCUT2D eigenvalue weighted by Gasteiger charge is 2.28. The first-order valence-corrected chi connectivity index (χ1v) is 12.6. The molecule has 0 radical (unpaired) electrons. The third kappa shape index (κ3) is 5.34. The quantitative estimate of drug-likeness (QED) is 0.747. The summed E-state index contributed by atoms with van der Waals surface area (Å²) in [5, 5.41) is 5.23. The van der Waals surface area contributed by atoms with Crippen LogP contribution >= 0.6 is 0 Å². The molecule has 1 amide bonds. The predicted molar refractivity (Wildman–Crippen MR) is 123 cm³/mol. The van der Waals surface area contributed by atoms with Crippen LogP contribution in [0.3, 0.4) is 0 Å². The Morgan fingerprint density at radius 1 is 1.06 bits per heavy atom. The third-order valence-corrected chi connectivity index (χ3v) is 7.51. The Kier molecular flexibility index (Phi) is 6.46. The fourth-order valence-corrected chi connectivity index (χ4v) is 5.21. The second-order valence-corrected chi connectivity index (χ2v) is 10.4. The molecule has 2 heterocycles. The molecule has 0 atom stereocenters. The Morgan fingerprint density at radius 3 is 2.45 bits per heavy atom. The molecule has 2 aliphatic rings. The number of amides is 1. The minimum absolute atomic E-state index is 0.0835. The summed E-state index contributed by atoms with van der Waals surface area (Å²) in [6.07, 6.45) is 5.25. The van der Waals surface area contributed by atoms with Gasteiger partial charge < -0.3 is 4.90 Å². The van der Waals surface area contributed by atoms with Crippen molar-refractivity contribution in [1.29, 1.82) is 0 Å². The molecule has 4 rings (SSSR count). The van der Waals surface area contributed by atoms with Gasteiger partial charge >= 0.3 is 0 Å². The smallest absolute Gasteiger partial charge is 0.241 e. The van der Waals surface area contributed by atoms with E-state index in [2.05, 4.69) is 36.1 Å². The van der Waals surface area contributed by atoms with E-state index in [-0.39, 0.29) is 10.8 Å². The van der Waals surface area contributed by atoms with Crippen LogP contribution in [0.2, 0.25) is 0 Å². The van der Waals surface area contributed by atoms with Gasteiger partial charge in [0.1, 0.15) is 0 Å². The molecule has 2 aliphatic heterocycles. The largest absolute Gasteiger partial charge is 0.311 e. The van der Waals surface area contributed by atoms with Crippen molar-refractivity contribution in [3.8, 4) is 0 Å². The summed E-state index contributed by atoms with van der Waals surface area (Å²) >= 11 is 0. The van der Waals surface area contributed by atoms with Crippen LogP contribution in [0.25, 0.3) is 0 Å². The lowest BCUT2D eigenvalue weighted by molar-refractivity contribution is -0.120. The van der Waals surface area contributed by atoms with E-state index in [1.807, 2.05) is 0 Å². The molecule has 2 N–H and O–H groups in total. The van der Waals surface area contributed by atoms with E-state index in [0.717, 1.165) is 49.5 Å². The van der Waals surface area contributed by atoms with E-state index in [9.17, 15) is 13.2 Å². The summed E-state index contributed by atoms with van der Waals surface area (Å²) < 4.78 is 23.1. The third-order valence-electron chi connectivity index (χ3n) is 6.60. The number of carbonyl (C=O) groups excluding carboxylic acids is 1. The van der Waals surface area contributed by atoms with Crippen molar-refractivity contribution in [2.75, 3.05) is 31.1 Å². The summed E-state index contributed by atoms with van der Waals surface area (Å²) in [6.45, 7) is 5.03. The lowest BCUT2D eigenvalue weighted by Gasteiger charge is -2.32. The van der Waals surface area contributed by atoms with Gasteiger partial charge in [0.2, 0.25) is 15.9 Å². The number of benzene rings is 2. The lowest BCUT2D eigenvalue weighted by atomic mass is 9.90. The topological polar surface area (TPSA) is 83.7 Å². The number of aryl methyl sites for hydroxylation is 2. The van der Waals surface area contributed by atoms with Crippen LogP contribution in [-0.4, -0.2) is 45.4 Å². The van der Waals surface area contributed by atoms with E-state index in [1.165, 1.54) is 23.6 Å². The molecule has 0 saturated carbocycles. The molecule has 0 unspecified atom stereocenters. The van der Waals surface area contributed by atoms with Crippen molar-refractivity contribution in [2.45, 2.75) is 43.9 Å².